The fourth-order valence-electron chi connectivity index (χ4n) is 1.18. The van der Waals surface area contributed by atoms with Crippen LogP contribution in [0.15, 0.2) is 5.51 Å². The lowest BCUT2D eigenvalue weighted by Crippen LogP contribution is -2.23. The maximum Gasteiger partial charge on any atom is 0.397 e. The summed E-state index contributed by atoms with van der Waals surface area (Å²) in [6.45, 7) is 1.44. The summed E-state index contributed by atoms with van der Waals surface area (Å²) in [5.74, 6) is -3.42. The minimum absolute atomic E-state index is 0.0232. The molecule has 1 atom stereocenters. The average Bonchev–Trinajstić information content (AvgIpc) is 2.45. The number of thiazole rings is 1. The third-order valence-corrected chi connectivity index (χ3v) is 2.92. The van der Waals surface area contributed by atoms with E-state index in [1.807, 2.05) is 0 Å². The summed E-state index contributed by atoms with van der Waals surface area (Å²) in [6.07, 6.45) is -5.50. The zero-order valence-electron chi connectivity index (χ0n) is 7.71. The second-order valence-electron chi connectivity index (χ2n) is 2.99. The van der Waals surface area contributed by atoms with Crippen LogP contribution in [0.2, 0.25) is 0 Å². The number of rotatable bonds is 3. The summed E-state index contributed by atoms with van der Waals surface area (Å²) in [6, 6.07) is 0. The van der Waals surface area contributed by atoms with Gasteiger partial charge in [0, 0.05) is 4.88 Å². The van der Waals surface area contributed by atoms with Crippen LogP contribution >= 0.6 is 11.3 Å². The molecule has 1 rings (SSSR count). The Morgan fingerprint density at radius 1 is 1.67 bits per heavy atom. The molecule has 0 aliphatic heterocycles. The van der Waals surface area contributed by atoms with E-state index >= 15 is 0 Å². The van der Waals surface area contributed by atoms with Crippen LogP contribution in [0.1, 0.15) is 22.9 Å². The van der Waals surface area contributed by atoms with E-state index in [0.717, 1.165) is 11.3 Å². The van der Waals surface area contributed by atoms with Gasteiger partial charge >= 0.3 is 12.1 Å². The van der Waals surface area contributed by atoms with Gasteiger partial charge in [0.05, 0.1) is 17.6 Å². The molecule has 0 saturated heterocycles. The van der Waals surface area contributed by atoms with E-state index in [2.05, 4.69) is 4.98 Å². The molecule has 7 heteroatoms. The molecule has 0 spiro atoms. The Labute approximate surface area is 87.6 Å². The first-order chi connectivity index (χ1) is 6.82. The van der Waals surface area contributed by atoms with Crippen LogP contribution in [0.5, 0.6) is 0 Å². The standard InChI is InChI=1S/C8H8F3NO2S/c1-4-7(15-3-12-4)5(2-6(13)14)8(9,10)11/h3,5H,2H2,1H3,(H,13,14). The summed E-state index contributed by atoms with van der Waals surface area (Å²) < 4.78 is 37.6. The van der Waals surface area contributed by atoms with E-state index in [1.165, 1.54) is 12.4 Å². The number of carbonyl (C=O) groups is 1. The first-order valence-electron chi connectivity index (χ1n) is 4.01. The molecule has 0 aromatic carbocycles. The van der Waals surface area contributed by atoms with E-state index in [0.29, 0.717) is 0 Å². The minimum Gasteiger partial charge on any atom is -0.481 e. The summed E-state index contributed by atoms with van der Waals surface area (Å²) in [4.78, 5) is 14.0. The van der Waals surface area contributed by atoms with E-state index in [4.69, 9.17) is 5.11 Å². The fourth-order valence-corrected chi connectivity index (χ4v) is 2.11. The van der Waals surface area contributed by atoms with Gasteiger partial charge in [0.1, 0.15) is 5.92 Å². The zero-order valence-corrected chi connectivity index (χ0v) is 8.52. The Morgan fingerprint density at radius 3 is 2.60 bits per heavy atom. The van der Waals surface area contributed by atoms with Gasteiger partial charge in [-0.15, -0.1) is 11.3 Å². The molecular weight excluding hydrogens is 231 g/mol. The Hall–Kier alpha value is -1.11. The molecule has 1 N–H and O–H groups in total. The quantitative estimate of drug-likeness (QED) is 0.881. The van der Waals surface area contributed by atoms with Crippen molar-refractivity contribution in [2.45, 2.75) is 25.4 Å². The number of aryl methyl sites for hydroxylation is 1. The highest BCUT2D eigenvalue weighted by atomic mass is 32.1. The molecule has 0 aliphatic rings. The monoisotopic (exact) mass is 239 g/mol. The highest BCUT2D eigenvalue weighted by Crippen LogP contribution is 2.40. The van der Waals surface area contributed by atoms with Crippen LogP contribution in [0.3, 0.4) is 0 Å². The molecule has 0 radical (unpaired) electrons. The highest BCUT2D eigenvalue weighted by Gasteiger charge is 2.43. The Kier molecular flexibility index (Phi) is 3.33. The fraction of sp³-hybridized carbons (Fsp3) is 0.500. The largest absolute Gasteiger partial charge is 0.481 e. The maximum absolute atomic E-state index is 12.5. The third-order valence-electron chi connectivity index (χ3n) is 1.87. The molecule has 0 amide bonds. The van der Waals surface area contributed by atoms with Crippen molar-refractivity contribution in [2.75, 3.05) is 0 Å². The second-order valence-corrected chi connectivity index (χ2v) is 3.88. The van der Waals surface area contributed by atoms with E-state index in [9.17, 15) is 18.0 Å². The molecule has 1 aromatic rings. The van der Waals surface area contributed by atoms with Crippen LogP contribution in [0.4, 0.5) is 13.2 Å². The molecule has 0 aliphatic carbocycles. The normalized spacial score (nSPS) is 13.9. The number of aromatic nitrogens is 1. The number of hydrogen-bond acceptors (Lipinski definition) is 3. The van der Waals surface area contributed by atoms with E-state index < -0.39 is 24.5 Å². The lowest BCUT2D eigenvalue weighted by Gasteiger charge is -2.17. The molecule has 3 nitrogen and oxygen atoms in total. The lowest BCUT2D eigenvalue weighted by molar-refractivity contribution is -0.162. The summed E-state index contributed by atoms with van der Waals surface area (Å²) in [5, 5.41) is 8.42. The van der Waals surface area contributed by atoms with Gasteiger partial charge in [-0.05, 0) is 6.92 Å². The van der Waals surface area contributed by atoms with Gasteiger partial charge in [0.2, 0.25) is 0 Å². The SMILES string of the molecule is Cc1ncsc1C(CC(=O)O)C(F)(F)F. The number of aliphatic carboxylic acids is 1. The van der Waals surface area contributed by atoms with Crippen LogP contribution in [-0.4, -0.2) is 22.2 Å². The van der Waals surface area contributed by atoms with Gasteiger partial charge in [0.25, 0.3) is 0 Å². The molecular formula is C8H8F3NO2S. The number of carboxylic acids is 1. The maximum atomic E-state index is 12.5. The second kappa shape index (κ2) is 4.18. The summed E-state index contributed by atoms with van der Waals surface area (Å²) in [5.41, 5.74) is 1.52. The van der Waals surface area contributed by atoms with Crippen molar-refractivity contribution in [2.24, 2.45) is 0 Å². The van der Waals surface area contributed by atoms with Crippen molar-refractivity contribution in [1.29, 1.82) is 0 Å². The van der Waals surface area contributed by atoms with Crippen LogP contribution in [0.25, 0.3) is 0 Å². The van der Waals surface area contributed by atoms with Gasteiger partial charge in [0.15, 0.2) is 0 Å². The van der Waals surface area contributed by atoms with Gasteiger partial charge in [-0.3, -0.25) is 4.79 Å². The Bertz CT molecular complexity index is 361. The van der Waals surface area contributed by atoms with Crippen molar-refractivity contribution in [3.05, 3.63) is 16.1 Å². The third kappa shape index (κ3) is 2.92. The Balaban J connectivity index is 3.02. The molecule has 1 unspecified atom stereocenters. The number of carboxylic acid groups (broad SMARTS) is 1. The van der Waals surface area contributed by atoms with Crippen LogP contribution in [-0.2, 0) is 4.79 Å². The molecule has 0 fully saturated rings. The average molecular weight is 239 g/mol. The number of halogens is 3. The first-order valence-corrected chi connectivity index (χ1v) is 4.89. The zero-order chi connectivity index (χ0) is 11.6. The highest BCUT2D eigenvalue weighted by molar-refractivity contribution is 7.09. The summed E-state index contributed by atoms with van der Waals surface area (Å²) in [7, 11) is 0. The van der Waals surface area contributed by atoms with Crippen molar-refractivity contribution in [1.82, 2.24) is 4.98 Å². The first kappa shape index (κ1) is 12.0. The predicted octanol–water partition coefficient (Wildman–Crippen LogP) is 2.57. The van der Waals surface area contributed by atoms with Gasteiger partial charge in [-0.2, -0.15) is 13.2 Å². The van der Waals surface area contributed by atoms with Crippen molar-refractivity contribution in [3.8, 4) is 0 Å². The smallest absolute Gasteiger partial charge is 0.397 e. The van der Waals surface area contributed by atoms with Gasteiger partial charge in [-0.1, -0.05) is 0 Å². The molecule has 1 heterocycles. The number of nitrogens with zero attached hydrogens (tertiary/aromatic N) is 1. The van der Waals surface area contributed by atoms with Gasteiger partial charge < -0.3 is 5.11 Å². The lowest BCUT2D eigenvalue weighted by atomic mass is 10.0. The molecule has 15 heavy (non-hydrogen) atoms. The van der Waals surface area contributed by atoms with Crippen LogP contribution in [0, 0.1) is 6.92 Å². The minimum atomic E-state index is -4.55. The molecule has 1 aromatic heterocycles. The van der Waals surface area contributed by atoms with Crippen LogP contribution < -0.4 is 0 Å². The predicted molar refractivity (Wildman–Crippen MR) is 47.9 cm³/mol. The number of hydrogen-bond donors (Lipinski definition) is 1. The van der Waals surface area contributed by atoms with E-state index in [-0.39, 0.29) is 10.6 Å². The van der Waals surface area contributed by atoms with Gasteiger partial charge in [-0.25, -0.2) is 4.98 Å². The van der Waals surface area contributed by atoms with Crippen molar-refractivity contribution < 1.29 is 23.1 Å². The molecule has 0 saturated carbocycles. The topological polar surface area (TPSA) is 50.2 Å². The number of alkyl halides is 3. The molecule has 84 valence electrons. The van der Waals surface area contributed by atoms with E-state index in [1.54, 1.807) is 0 Å². The summed E-state index contributed by atoms with van der Waals surface area (Å²) >= 11 is 0.832. The van der Waals surface area contributed by atoms with Crippen molar-refractivity contribution in [3.63, 3.8) is 0 Å². The molecule has 0 bridgehead atoms. The Morgan fingerprint density at radius 2 is 2.27 bits per heavy atom. The van der Waals surface area contributed by atoms with Crippen molar-refractivity contribution >= 4 is 17.3 Å².